The van der Waals surface area contributed by atoms with E-state index in [0.717, 1.165) is 20.0 Å². The summed E-state index contributed by atoms with van der Waals surface area (Å²) in [5, 5.41) is 14.0. The monoisotopic (exact) mass is 151 g/mol. The highest BCUT2D eigenvalue weighted by Gasteiger charge is 2.00. The molecule has 0 aliphatic rings. The summed E-state index contributed by atoms with van der Waals surface area (Å²) in [7, 11) is 1.12. The average molecular weight is 151 g/mol. The van der Waals surface area contributed by atoms with E-state index in [-0.39, 0.29) is 11.5 Å². The zero-order valence-electron chi connectivity index (χ0n) is 5.78. The fraction of sp³-hybridized carbons (Fsp3) is 0. The lowest BCUT2D eigenvalue weighted by Gasteiger charge is -1.91. The first kappa shape index (κ1) is 9.34. The second-order valence-electron chi connectivity index (χ2n) is 1.47. The Balaban J connectivity index is 3.85. The Hall–Kier alpha value is -1.66. The minimum absolute atomic E-state index is 0.136. The first-order chi connectivity index (χ1) is 5.20. The van der Waals surface area contributed by atoms with Gasteiger partial charge in [-0.2, -0.15) is 0 Å². The zero-order chi connectivity index (χ0) is 8.69. The summed E-state index contributed by atoms with van der Waals surface area (Å²) in [4.78, 5) is 6.74. The van der Waals surface area contributed by atoms with Crippen LogP contribution in [0.5, 0.6) is 0 Å². The van der Waals surface area contributed by atoms with E-state index in [0.29, 0.717) is 0 Å². The van der Waals surface area contributed by atoms with Gasteiger partial charge < -0.3 is 11.5 Å². The van der Waals surface area contributed by atoms with Crippen LogP contribution in [0.25, 0.3) is 0 Å². The van der Waals surface area contributed by atoms with Gasteiger partial charge in [0.1, 0.15) is 0 Å². The van der Waals surface area contributed by atoms with Crippen LogP contribution in [0, 0.1) is 10.8 Å². The number of aliphatic imine (C=N–C) groups is 2. The van der Waals surface area contributed by atoms with E-state index < -0.39 is 0 Å². The van der Waals surface area contributed by atoms with Gasteiger partial charge in [0, 0.05) is 0 Å². The molecule has 0 spiro atoms. The predicted molar refractivity (Wildman–Crippen MR) is 46.6 cm³/mol. The molecule has 0 aliphatic heterocycles. The van der Waals surface area contributed by atoms with Gasteiger partial charge in [0.05, 0.1) is 24.1 Å². The molecule has 0 aliphatic carbocycles. The molecule has 0 fully saturated rings. The lowest BCUT2D eigenvalue weighted by Crippen LogP contribution is -2.16. The third kappa shape index (κ3) is 4.82. The number of nitrogens with two attached hydrogens (primary N) is 2. The number of hydrogen-bond donors (Lipinski definition) is 4. The lowest BCUT2D eigenvalue weighted by molar-refractivity contribution is 1.47. The van der Waals surface area contributed by atoms with Gasteiger partial charge in [-0.25, -0.2) is 9.98 Å². The van der Waals surface area contributed by atoms with Crippen molar-refractivity contribution in [1.29, 1.82) is 10.8 Å². The van der Waals surface area contributed by atoms with Gasteiger partial charge in [-0.05, 0) is 0 Å². The average Bonchev–Trinajstić information content (AvgIpc) is 1.87. The minimum Gasteiger partial charge on any atom is -0.390 e. The molecule has 0 aromatic heterocycles. The summed E-state index contributed by atoms with van der Waals surface area (Å²) in [5.74, 6) is 0. The molecule has 0 aromatic rings. The van der Waals surface area contributed by atoms with Crippen molar-refractivity contribution in [3.8, 4) is 0 Å². The Morgan fingerprint density at radius 2 is 1.45 bits per heavy atom. The van der Waals surface area contributed by atoms with E-state index in [1.54, 1.807) is 0 Å². The number of nitrogens with one attached hydrogen (secondary N) is 2. The molecule has 0 unspecified atom stereocenters. The molecule has 0 saturated carbocycles. The van der Waals surface area contributed by atoms with E-state index >= 15 is 0 Å². The molecule has 0 amide bonds. The normalized spacial score (nSPS) is 10.5. The van der Waals surface area contributed by atoms with E-state index in [2.05, 4.69) is 9.98 Å². The summed E-state index contributed by atoms with van der Waals surface area (Å²) in [5.41, 5.74) is 9.51. The predicted octanol–water partition coefficient (Wildman–Crippen LogP) is -1.47. The second kappa shape index (κ2) is 5.16. The number of nitrogens with zero attached hydrogens (tertiary/aromatic N) is 2. The molecule has 0 aromatic carbocycles. The molecule has 6 nitrogen and oxygen atoms in total. The molecule has 6 N–H and O–H groups in total. The maximum atomic E-state index is 7.01. The van der Waals surface area contributed by atoms with Gasteiger partial charge >= 0.3 is 0 Å². The van der Waals surface area contributed by atoms with Crippen LogP contribution in [-0.2, 0) is 0 Å². The van der Waals surface area contributed by atoms with Crippen LogP contribution >= 0.6 is 0 Å². The largest absolute Gasteiger partial charge is 0.390 e. The SMILES string of the molecule is N=C([B]C(=N)N=CN)N=CN. The Labute approximate surface area is 64.7 Å². The molecule has 0 atom stereocenters. The Kier molecular flexibility index (Phi) is 4.38. The van der Waals surface area contributed by atoms with E-state index in [4.69, 9.17) is 22.3 Å². The molecule has 0 bridgehead atoms. The number of hydrogen-bond acceptors (Lipinski definition) is 2. The maximum Gasteiger partial charge on any atom is 0.293 e. The summed E-state index contributed by atoms with van der Waals surface area (Å²) in [6.07, 6.45) is 1.94. The van der Waals surface area contributed by atoms with Crippen molar-refractivity contribution in [3.05, 3.63) is 0 Å². The smallest absolute Gasteiger partial charge is 0.293 e. The topological polar surface area (TPSA) is 124 Å². The van der Waals surface area contributed by atoms with Crippen LogP contribution in [0.2, 0.25) is 0 Å². The number of amidine groups is 2. The van der Waals surface area contributed by atoms with E-state index in [1.165, 1.54) is 0 Å². The van der Waals surface area contributed by atoms with Crippen molar-refractivity contribution in [2.24, 2.45) is 21.5 Å². The first-order valence-electron chi connectivity index (χ1n) is 2.71. The Morgan fingerprint density at radius 1 is 1.09 bits per heavy atom. The van der Waals surface area contributed by atoms with Crippen molar-refractivity contribution >= 4 is 31.4 Å². The molecular weight excluding hydrogens is 143 g/mol. The fourth-order valence-corrected chi connectivity index (χ4v) is 0.365. The van der Waals surface area contributed by atoms with Crippen molar-refractivity contribution in [3.63, 3.8) is 0 Å². The van der Waals surface area contributed by atoms with Crippen molar-refractivity contribution in [1.82, 2.24) is 0 Å². The quantitative estimate of drug-likeness (QED) is 0.218. The minimum atomic E-state index is -0.136. The van der Waals surface area contributed by atoms with Crippen LogP contribution in [0.3, 0.4) is 0 Å². The van der Waals surface area contributed by atoms with Gasteiger partial charge in [-0.3, -0.25) is 10.8 Å². The van der Waals surface area contributed by atoms with E-state index in [9.17, 15) is 0 Å². The maximum absolute atomic E-state index is 7.01. The van der Waals surface area contributed by atoms with Gasteiger partial charge in [0.25, 0.3) is 7.28 Å². The highest BCUT2D eigenvalue weighted by molar-refractivity contribution is 6.98. The summed E-state index contributed by atoms with van der Waals surface area (Å²) < 4.78 is 0. The fourth-order valence-electron chi connectivity index (χ4n) is 0.365. The highest BCUT2D eigenvalue weighted by atomic mass is 14.9. The standard InChI is InChI=1S/C4H8BN6/c6-1-10-3(8)5-4(9)11-2-7/h1-2H,(H3,6,8,10)(H3,7,9,11). The van der Waals surface area contributed by atoms with Crippen molar-refractivity contribution in [2.75, 3.05) is 0 Å². The van der Waals surface area contributed by atoms with Gasteiger partial charge in [0.2, 0.25) is 0 Å². The second-order valence-corrected chi connectivity index (χ2v) is 1.47. The van der Waals surface area contributed by atoms with Crippen LogP contribution in [0.4, 0.5) is 0 Å². The molecule has 0 heterocycles. The third-order valence-corrected chi connectivity index (χ3v) is 0.701. The van der Waals surface area contributed by atoms with Crippen LogP contribution in [-0.4, -0.2) is 31.4 Å². The van der Waals surface area contributed by atoms with Gasteiger partial charge in [-0.1, -0.05) is 0 Å². The number of rotatable bonds is 2. The third-order valence-electron chi connectivity index (χ3n) is 0.701. The summed E-state index contributed by atoms with van der Waals surface area (Å²) in [6, 6.07) is 0. The van der Waals surface area contributed by atoms with Gasteiger partial charge in [0.15, 0.2) is 0 Å². The molecule has 11 heavy (non-hydrogen) atoms. The highest BCUT2D eigenvalue weighted by Crippen LogP contribution is 1.76. The first-order valence-corrected chi connectivity index (χ1v) is 2.71. The Bertz CT molecular complexity index is 185. The molecule has 1 radical (unpaired) electrons. The van der Waals surface area contributed by atoms with Gasteiger partial charge in [-0.15, -0.1) is 0 Å². The van der Waals surface area contributed by atoms with Crippen LogP contribution < -0.4 is 11.5 Å². The molecule has 57 valence electrons. The Morgan fingerprint density at radius 3 is 1.73 bits per heavy atom. The van der Waals surface area contributed by atoms with E-state index in [1.807, 2.05) is 0 Å². The molecule has 0 saturated heterocycles. The van der Waals surface area contributed by atoms with Crippen LogP contribution in [0.15, 0.2) is 9.98 Å². The summed E-state index contributed by atoms with van der Waals surface area (Å²) in [6.45, 7) is 0. The van der Waals surface area contributed by atoms with Crippen LogP contribution in [0.1, 0.15) is 0 Å². The van der Waals surface area contributed by atoms with Crippen molar-refractivity contribution in [2.45, 2.75) is 0 Å². The zero-order valence-corrected chi connectivity index (χ0v) is 5.78. The lowest BCUT2D eigenvalue weighted by atomic mass is 9.75. The molecule has 7 heteroatoms. The molecular formula is C4H8BN6. The summed E-state index contributed by atoms with van der Waals surface area (Å²) >= 11 is 0. The van der Waals surface area contributed by atoms with Crippen molar-refractivity contribution < 1.29 is 0 Å². The molecule has 0 rings (SSSR count).